The molecular weight excluding hydrogens is 339 g/mol. The molecule has 2 bridgehead atoms. The highest BCUT2D eigenvalue weighted by atomic mass is 35.5. The molecule has 120 valence electrons. The first-order valence-electron chi connectivity index (χ1n) is 7.35. The maximum atomic E-state index is 12.1. The predicted molar refractivity (Wildman–Crippen MR) is 87.0 cm³/mol. The molecule has 23 heavy (non-hydrogen) atoms. The molecule has 1 aromatic carbocycles. The molecule has 1 N–H and O–H groups in total. The summed E-state index contributed by atoms with van der Waals surface area (Å²) in [5.74, 6) is 0.232. The fraction of sp³-hybridized carbons (Fsp3) is 0.375. The molecule has 0 radical (unpaired) electrons. The Balaban J connectivity index is 1.99. The zero-order chi connectivity index (χ0) is 16.3. The second kappa shape index (κ2) is 5.23. The highest BCUT2D eigenvalue weighted by molar-refractivity contribution is 6.46. The van der Waals surface area contributed by atoms with E-state index in [1.807, 2.05) is 6.07 Å². The van der Waals surface area contributed by atoms with E-state index in [0.29, 0.717) is 21.3 Å². The number of hydrogen-bond donors (Lipinski definition) is 1. The number of ether oxygens (including phenoxy) is 1. The number of benzene rings is 1. The van der Waals surface area contributed by atoms with E-state index in [-0.39, 0.29) is 18.0 Å². The van der Waals surface area contributed by atoms with Gasteiger partial charge in [0.25, 0.3) is 0 Å². The van der Waals surface area contributed by atoms with Crippen LogP contribution in [0, 0.1) is 0 Å². The molecular formula is C16H14Cl2N2O3. The summed E-state index contributed by atoms with van der Waals surface area (Å²) < 4.78 is 5.30. The summed E-state index contributed by atoms with van der Waals surface area (Å²) >= 11 is 12.6. The van der Waals surface area contributed by atoms with Crippen LogP contribution in [0.1, 0.15) is 36.1 Å². The van der Waals surface area contributed by atoms with Crippen molar-refractivity contribution in [2.75, 3.05) is 13.7 Å². The van der Waals surface area contributed by atoms with Gasteiger partial charge in [-0.1, -0.05) is 23.2 Å². The van der Waals surface area contributed by atoms with Gasteiger partial charge in [0.15, 0.2) is 0 Å². The summed E-state index contributed by atoms with van der Waals surface area (Å²) in [4.78, 5) is 18.3. The Hall–Kier alpha value is -1.56. The highest BCUT2D eigenvalue weighted by Crippen LogP contribution is 2.55. The van der Waals surface area contributed by atoms with Crippen molar-refractivity contribution in [2.45, 2.75) is 24.9 Å². The summed E-state index contributed by atoms with van der Waals surface area (Å²) in [5, 5.41) is 10.8. The van der Waals surface area contributed by atoms with Crippen LogP contribution >= 0.6 is 23.2 Å². The van der Waals surface area contributed by atoms with E-state index < -0.39 is 6.61 Å². The minimum absolute atomic E-state index is 0.0213. The molecule has 1 amide bonds. The van der Waals surface area contributed by atoms with Crippen LogP contribution in [0.25, 0.3) is 10.9 Å². The molecule has 1 fully saturated rings. The zero-order valence-corrected chi connectivity index (χ0v) is 13.9. The van der Waals surface area contributed by atoms with Crippen molar-refractivity contribution >= 4 is 40.0 Å². The third-order valence-corrected chi connectivity index (χ3v) is 5.64. The normalized spacial score (nSPS) is 21.8. The Morgan fingerprint density at radius 3 is 2.83 bits per heavy atom. The van der Waals surface area contributed by atoms with Crippen molar-refractivity contribution < 1.29 is 14.6 Å². The van der Waals surface area contributed by atoms with E-state index in [1.165, 1.54) is 7.11 Å². The summed E-state index contributed by atoms with van der Waals surface area (Å²) in [6.07, 6.45) is 3.52. The van der Waals surface area contributed by atoms with Crippen molar-refractivity contribution in [3.05, 3.63) is 33.4 Å². The molecule has 3 heterocycles. The van der Waals surface area contributed by atoms with Crippen LogP contribution in [0.3, 0.4) is 0 Å². The lowest BCUT2D eigenvalue weighted by Gasteiger charge is -2.21. The maximum Gasteiger partial charge on any atom is 0.249 e. The van der Waals surface area contributed by atoms with Gasteiger partial charge in [-0.25, -0.2) is 0 Å². The number of hydrogen-bond acceptors (Lipinski definition) is 4. The SMILES string of the molecule is COc1cc2c3c(cnc2c(Cl)c1Cl)C1CCC3N1C(=O)CO. The van der Waals surface area contributed by atoms with Crippen molar-refractivity contribution in [3.63, 3.8) is 0 Å². The highest BCUT2D eigenvalue weighted by Gasteiger charge is 2.47. The van der Waals surface area contributed by atoms with Crippen molar-refractivity contribution in [1.29, 1.82) is 0 Å². The van der Waals surface area contributed by atoms with Crippen LogP contribution in [0.5, 0.6) is 5.75 Å². The number of fused-ring (bicyclic) bond motifs is 7. The van der Waals surface area contributed by atoms with Gasteiger partial charge in [0.05, 0.1) is 29.7 Å². The number of nitrogens with zero attached hydrogens (tertiary/aromatic N) is 2. The summed E-state index contributed by atoms with van der Waals surface area (Å²) in [6, 6.07) is 1.76. The standard InChI is InChI=1S/C16H14Cl2N2O3/c1-23-11-4-7-13-8(5-19-16(7)15(18)14(11)17)9-2-3-10(13)20(9)12(22)6-21/h4-5,9-10,21H,2-3,6H2,1H3. The molecule has 0 saturated carbocycles. The number of carbonyl (C=O) groups excluding carboxylic acids is 1. The molecule has 2 aliphatic heterocycles. The fourth-order valence-corrected chi connectivity index (χ4v) is 4.36. The molecule has 7 heteroatoms. The maximum absolute atomic E-state index is 12.1. The van der Waals surface area contributed by atoms with Gasteiger partial charge in [0.1, 0.15) is 17.4 Å². The number of rotatable bonds is 2. The first kappa shape index (κ1) is 15.0. The second-order valence-electron chi connectivity index (χ2n) is 5.80. The van der Waals surface area contributed by atoms with Gasteiger partial charge < -0.3 is 14.7 Å². The number of aliphatic hydroxyl groups excluding tert-OH is 1. The van der Waals surface area contributed by atoms with Crippen LogP contribution in [0.15, 0.2) is 12.3 Å². The quantitative estimate of drug-likeness (QED) is 0.900. The smallest absolute Gasteiger partial charge is 0.249 e. The number of pyridine rings is 1. The van der Waals surface area contributed by atoms with E-state index in [4.69, 9.17) is 27.9 Å². The van der Waals surface area contributed by atoms with E-state index in [9.17, 15) is 9.90 Å². The van der Waals surface area contributed by atoms with Crippen LogP contribution in [-0.2, 0) is 4.79 Å². The number of carbonyl (C=O) groups is 1. The van der Waals surface area contributed by atoms with E-state index >= 15 is 0 Å². The van der Waals surface area contributed by atoms with Gasteiger partial charge in [0, 0.05) is 11.6 Å². The monoisotopic (exact) mass is 352 g/mol. The van der Waals surface area contributed by atoms with Gasteiger partial charge in [-0.3, -0.25) is 9.78 Å². The first-order valence-corrected chi connectivity index (χ1v) is 8.10. The number of aromatic nitrogens is 1. The third-order valence-electron chi connectivity index (χ3n) is 4.80. The number of methoxy groups -OCH3 is 1. The first-order chi connectivity index (χ1) is 11.1. The summed E-state index contributed by atoms with van der Waals surface area (Å²) in [5.41, 5.74) is 2.68. The zero-order valence-electron chi connectivity index (χ0n) is 12.3. The molecule has 2 unspecified atom stereocenters. The molecule has 4 rings (SSSR count). The molecule has 0 aliphatic carbocycles. The lowest BCUT2D eigenvalue weighted by atomic mass is 9.90. The lowest BCUT2D eigenvalue weighted by Crippen LogP contribution is -2.30. The van der Waals surface area contributed by atoms with Gasteiger partial charge >= 0.3 is 0 Å². The minimum atomic E-state index is -0.484. The van der Waals surface area contributed by atoms with Gasteiger partial charge in [-0.2, -0.15) is 0 Å². The van der Waals surface area contributed by atoms with E-state index in [0.717, 1.165) is 29.4 Å². The third kappa shape index (κ3) is 1.90. The largest absolute Gasteiger partial charge is 0.495 e. The molecule has 5 nitrogen and oxygen atoms in total. The molecule has 2 aromatic rings. The fourth-order valence-electron chi connectivity index (χ4n) is 3.90. The predicted octanol–water partition coefficient (Wildman–Crippen LogP) is 3.26. The molecule has 1 aromatic heterocycles. The summed E-state index contributed by atoms with van der Waals surface area (Å²) in [6.45, 7) is -0.484. The van der Waals surface area contributed by atoms with Crippen molar-refractivity contribution in [3.8, 4) is 5.75 Å². The Labute approximate surface area is 142 Å². The Morgan fingerprint density at radius 1 is 1.39 bits per heavy atom. The van der Waals surface area contributed by atoms with Crippen LogP contribution in [0.2, 0.25) is 10.0 Å². The molecule has 1 saturated heterocycles. The van der Waals surface area contributed by atoms with Crippen LogP contribution in [0.4, 0.5) is 0 Å². The van der Waals surface area contributed by atoms with Gasteiger partial charge in [-0.05, 0) is 30.0 Å². The Morgan fingerprint density at radius 2 is 2.13 bits per heavy atom. The summed E-state index contributed by atoms with van der Waals surface area (Å²) in [7, 11) is 1.54. The number of halogens is 2. The molecule has 2 aliphatic rings. The van der Waals surface area contributed by atoms with Crippen molar-refractivity contribution in [1.82, 2.24) is 9.88 Å². The molecule has 0 spiro atoms. The topological polar surface area (TPSA) is 62.7 Å². The average molecular weight is 353 g/mol. The molecule has 2 atom stereocenters. The van der Waals surface area contributed by atoms with Crippen molar-refractivity contribution in [2.24, 2.45) is 0 Å². The number of aliphatic hydroxyl groups is 1. The van der Waals surface area contributed by atoms with Crippen LogP contribution in [-0.4, -0.2) is 34.6 Å². The second-order valence-corrected chi connectivity index (χ2v) is 6.55. The minimum Gasteiger partial charge on any atom is -0.495 e. The van der Waals surface area contributed by atoms with E-state index in [1.54, 1.807) is 11.1 Å². The van der Waals surface area contributed by atoms with E-state index in [2.05, 4.69) is 4.98 Å². The van der Waals surface area contributed by atoms with Crippen LogP contribution < -0.4 is 4.74 Å². The lowest BCUT2D eigenvalue weighted by molar-refractivity contribution is -0.136. The Kier molecular flexibility index (Phi) is 3.41. The Bertz CT molecular complexity index is 840. The average Bonchev–Trinajstić information content (AvgIpc) is 3.13. The van der Waals surface area contributed by atoms with Gasteiger partial charge in [0.2, 0.25) is 5.91 Å². The van der Waals surface area contributed by atoms with Gasteiger partial charge in [-0.15, -0.1) is 0 Å². The number of amides is 1.